The number of nitrogens with one attached hydrogen (secondary N) is 1. The number of hydrogen-bond donors (Lipinski definition) is 1. The average Bonchev–Trinajstić information content (AvgIpc) is 2.66. The van der Waals surface area contributed by atoms with Gasteiger partial charge in [-0.05, 0) is 30.3 Å². The van der Waals surface area contributed by atoms with Crippen LogP contribution >= 0.6 is 0 Å². The summed E-state index contributed by atoms with van der Waals surface area (Å²) in [6.45, 7) is 1.43. The quantitative estimate of drug-likeness (QED) is 0.786. The molecule has 0 spiro atoms. The molecule has 0 radical (unpaired) electrons. The molecule has 0 saturated carbocycles. The zero-order valence-corrected chi connectivity index (χ0v) is 14.8. The number of benzene rings is 2. The Bertz CT molecular complexity index is 871. The van der Waals surface area contributed by atoms with E-state index in [9.17, 15) is 23.2 Å². The second-order valence-corrected chi connectivity index (χ2v) is 5.56. The molecule has 2 aromatic carbocycles. The third-order valence-corrected chi connectivity index (χ3v) is 3.78. The second-order valence-electron chi connectivity index (χ2n) is 5.56. The number of para-hydroxylation sites is 1. The number of amides is 2. The van der Waals surface area contributed by atoms with Gasteiger partial charge in [-0.1, -0.05) is 12.1 Å². The number of esters is 1. The van der Waals surface area contributed by atoms with Crippen molar-refractivity contribution in [3.63, 3.8) is 0 Å². The topological polar surface area (TPSA) is 75.7 Å². The molecule has 2 rings (SSSR count). The number of rotatable bonds is 6. The van der Waals surface area contributed by atoms with Crippen molar-refractivity contribution in [3.05, 3.63) is 65.2 Å². The van der Waals surface area contributed by atoms with Gasteiger partial charge in [-0.25, -0.2) is 13.6 Å². The van der Waals surface area contributed by atoms with E-state index in [2.05, 4.69) is 5.32 Å². The molecule has 0 unspecified atom stereocenters. The number of ether oxygens (including phenoxy) is 1. The molecule has 0 atom stereocenters. The van der Waals surface area contributed by atoms with Crippen LogP contribution in [0.25, 0.3) is 0 Å². The number of halogens is 2. The van der Waals surface area contributed by atoms with Gasteiger partial charge in [0.2, 0.25) is 5.91 Å². The molecule has 27 heavy (non-hydrogen) atoms. The minimum absolute atomic E-state index is 0.0346. The molecule has 0 saturated heterocycles. The zero-order chi connectivity index (χ0) is 20.0. The van der Waals surface area contributed by atoms with Crippen molar-refractivity contribution in [2.75, 3.05) is 25.1 Å². The maximum atomic E-state index is 13.2. The third kappa shape index (κ3) is 4.87. The fourth-order valence-corrected chi connectivity index (χ4v) is 2.46. The van der Waals surface area contributed by atoms with Crippen LogP contribution in [0.15, 0.2) is 42.5 Å². The summed E-state index contributed by atoms with van der Waals surface area (Å²) in [6, 6.07) is 9.22. The zero-order valence-electron chi connectivity index (χ0n) is 14.8. The Morgan fingerprint density at radius 2 is 1.78 bits per heavy atom. The number of methoxy groups -OCH3 is 1. The molecular formula is C19H18F2N2O4. The highest BCUT2D eigenvalue weighted by atomic mass is 19.2. The number of hydrogen-bond acceptors (Lipinski definition) is 4. The van der Waals surface area contributed by atoms with E-state index >= 15 is 0 Å². The molecule has 0 heterocycles. The van der Waals surface area contributed by atoms with Crippen molar-refractivity contribution < 1.29 is 27.9 Å². The van der Waals surface area contributed by atoms with Gasteiger partial charge in [-0.3, -0.25) is 9.59 Å². The van der Waals surface area contributed by atoms with Crippen LogP contribution in [0.2, 0.25) is 0 Å². The van der Waals surface area contributed by atoms with Gasteiger partial charge in [0, 0.05) is 25.6 Å². The summed E-state index contributed by atoms with van der Waals surface area (Å²) >= 11 is 0. The van der Waals surface area contributed by atoms with Crippen molar-refractivity contribution in [2.45, 2.75) is 6.92 Å². The molecule has 6 nitrogen and oxygen atoms in total. The van der Waals surface area contributed by atoms with E-state index in [4.69, 9.17) is 4.74 Å². The first kappa shape index (κ1) is 20.0. The molecule has 142 valence electrons. The van der Waals surface area contributed by atoms with E-state index in [0.29, 0.717) is 5.69 Å². The minimum atomic E-state index is -1.12. The highest BCUT2D eigenvalue weighted by molar-refractivity contribution is 6.02. The fourth-order valence-electron chi connectivity index (χ4n) is 2.46. The van der Waals surface area contributed by atoms with Crippen LogP contribution in [-0.4, -0.2) is 38.0 Å². The van der Waals surface area contributed by atoms with E-state index in [-0.39, 0.29) is 30.1 Å². The first-order chi connectivity index (χ1) is 12.8. The van der Waals surface area contributed by atoms with Crippen LogP contribution in [0, 0.1) is 11.6 Å². The van der Waals surface area contributed by atoms with Gasteiger partial charge in [0.15, 0.2) is 11.6 Å². The van der Waals surface area contributed by atoms with Gasteiger partial charge in [-0.15, -0.1) is 0 Å². The number of anilines is 1. The van der Waals surface area contributed by atoms with E-state index in [0.717, 1.165) is 18.2 Å². The van der Waals surface area contributed by atoms with Crippen LogP contribution in [-0.2, 0) is 9.53 Å². The molecule has 0 aliphatic heterocycles. The van der Waals surface area contributed by atoms with Crippen LogP contribution in [0.4, 0.5) is 14.5 Å². The van der Waals surface area contributed by atoms with Crippen LogP contribution < -0.4 is 10.2 Å². The summed E-state index contributed by atoms with van der Waals surface area (Å²) in [5.41, 5.74) is 0.513. The van der Waals surface area contributed by atoms with Crippen molar-refractivity contribution in [2.24, 2.45) is 0 Å². The molecule has 0 aliphatic rings. The number of nitrogens with zero attached hydrogens (tertiary/aromatic N) is 1. The molecule has 2 amide bonds. The summed E-state index contributed by atoms with van der Waals surface area (Å²) < 4.78 is 30.9. The summed E-state index contributed by atoms with van der Waals surface area (Å²) in [7, 11) is 1.24. The van der Waals surface area contributed by atoms with Gasteiger partial charge < -0.3 is 15.0 Å². The predicted octanol–water partition coefficient (Wildman–Crippen LogP) is 2.53. The molecule has 0 aromatic heterocycles. The van der Waals surface area contributed by atoms with Crippen molar-refractivity contribution >= 4 is 23.5 Å². The van der Waals surface area contributed by atoms with Crippen molar-refractivity contribution in [3.8, 4) is 0 Å². The Kier molecular flexibility index (Phi) is 6.59. The monoisotopic (exact) mass is 376 g/mol. The van der Waals surface area contributed by atoms with Gasteiger partial charge in [0.05, 0.1) is 18.4 Å². The lowest BCUT2D eigenvalue weighted by molar-refractivity contribution is -0.116. The minimum Gasteiger partial charge on any atom is -0.465 e. The molecule has 0 aliphatic carbocycles. The van der Waals surface area contributed by atoms with E-state index in [1.54, 1.807) is 18.2 Å². The summed E-state index contributed by atoms with van der Waals surface area (Å²) in [5, 5.41) is 2.53. The Balaban J connectivity index is 2.10. The normalized spacial score (nSPS) is 10.2. The van der Waals surface area contributed by atoms with Gasteiger partial charge in [0.25, 0.3) is 5.91 Å². The first-order valence-corrected chi connectivity index (χ1v) is 8.04. The molecule has 1 N–H and O–H groups in total. The van der Waals surface area contributed by atoms with Crippen molar-refractivity contribution in [1.82, 2.24) is 5.32 Å². The largest absolute Gasteiger partial charge is 0.465 e. The van der Waals surface area contributed by atoms with Gasteiger partial charge in [0.1, 0.15) is 0 Å². The van der Waals surface area contributed by atoms with Gasteiger partial charge in [-0.2, -0.15) is 0 Å². The van der Waals surface area contributed by atoms with Crippen LogP contribution in [0.1, 0.15) is 27.6 Å². The van der Waals surface area contributed by atoms with E-state index < -0.39 is 23.5 Å². The highest BCUT2D eigenvalue weighted by Gasteiger charge is 2.19. The van der Waals surface area contributed by atoms with Crippen molar-refractivity contribution in [1.29, 1.82) is 0 Å². The Morgan fingerprint density at radius 1 is 1.07 bits per heavy atom. The maximum Gasteiger partial charge on any atom is 0.339 e. The Morgan fingerprint density at radius 3 is 2.41 bits per heavy atom. The van der Waals surface area contributed by atoms with Crippen LogP contribution in [0.3, 0.4) is 0 Å². The average molecular weight is 376 g/mol. The lowest BCUT2D eigenvalue weighted by Crippen LogP contribution is -2.38. The summed E-state index contributed by atoms with van der Waals surface area (Å²) in [5.74, 6) is -3.72. The van der Waals surface area contributed by atoms with E-state index in [1.165, 1.54) is 25.0 Å². The smallest absolute Gasteiger partial charge is 0.339 e. The number of carbonyl (C=O) groups is 3. The van der Waals surface area contributed by atoms with Gasteiger partial charge >= 0.3 is 5.97 Å². The molecular weight excluding hydrogens is 358 g/mol. The molecule has 2 aromatic rings. The Hall–Kier alpha value is -3.29. The number of carbonyl (C=O) groups excluding carboxylic acids is 3. The summed E-state index contributed by atoms with van der Waals surface area (Å²) in [4.78, 5) is 37.3. The third-order valence-electron chi connectivity index (χ3n) is 3.78. The standard InChI is InChI=1S/C19H18F2N2O4/c1-12(24)23(17-6-4-3-5-14(17)19(26)27-2)10-9-22-18(25)13-7-8-15(20)16(21)11-13/h3-8,11H,9-10H2,1-2H3,(H,22,25). The van der Waals surface area contributed by atoms with E-state index in [1.807, 2.05) is 0 Å². The Labute approximate surface area is 154 Å². The lowest BCUT2D eigenvalue weighted by atomic mass is 10.1. The highest BCUT2D eigenvalue weighted by Crippen LogP contribution is 2.21. The second kappa shape index (κ2) is 8.88. The predicted molar refractivity (Wildman–Crippen MR) is 94.5 cm³/mol. The molecule has 0 fully saturated rings. The lowest BCUT2D eigenvalue weighted by Gasteiger charge is -2.23. The first-order valence-electron chi connectivity index (χ1n) is 8.04. The molecule has 8 heteroatoms. The molecule has 0 bridgehead atoms. The SMILES string of the molecule is COC(=O)c1ccccc1N(CCNC(=O)c1ccc(F)c(F)c1)C(C)=O. The fraction of sp³-hybridized carbons (Fsp3) is 0.211. The van der Waals surface area contributed by atoms with Crippen LogP contribution in [0.5, 0.6) is 0 Å². The maximum absolute atomic E-state index is 13.2. The summed E-state index contributed by atoms with van der Waals surface area (Å²) in [6.07, 6.45) is 0.